The maximum Gasteiger partial charge on any atom is 0.134 e. The lowest BCUT2D eigenvalue weighted by molar-refractivity contribution is -0.119. The van der Waals surface area contributed by atoms with Crippen LogP contribution in [0.2, 0.25) is 0 Å². The number of hydrogen-bond acceptors (Lipinski definition) is 2. The van der Waals surface area contributed by atoms with Crippen LogP contribution in [0.5, 0.6) is 0 Å². The topological polar surface area (TPSA) is 43.1 Å². The summed E-state index contributed by atoms with van der Waals surface area (Å²) in [5.41, 5.74) is 5.33. The zero-order valence-electron chi connectivity index (χ0n) is 11.7. The van der Waals surface area contributed by atoms with Gasteiger partial charge in [0.1, 0.15) is 5.78 Å². The third-order valence-corrected chi connectivity index (χ3v) is 3.23. The van der Waals surface area contributed by atoms with Gasteiger partial charge in [0, 0.05) is 12.8 Å². The molecule has 0 radical (unpaired) electrons. The van der Waals surface area contributed by atoms with Crippen LogP contribution in [0.1, 0.15) is 84.0 Å². The molecule has 0 amide bonds. The number of hydrogen-bond donors (Lipinski definition) is 1. The fraction of sp³-hybridized carbons (Fsp3) is 0.933. The van der Waals surface area contributed by atoms with Crippen LogP contribution in [-0.4, -0.2) is 12.3 Å². The molecule has 0 aromatic rings. The molecule has 0 fully saturated rings. The summed E-state index contributed by atoms with van der Waals surface area (Å²) in [4.78, 5) is 11.2. The Hall–Kier alpha value is -0.370. The second-order valence-corrected chi connectivity index (χ2v) is 5.01. The van der Waals surface area contributed by atoms with E-state index in [9.17, 15) is 4.79 Å². The Morgan fingerprint density at radius 3 is 1.71 bits per heavy atom. The highest BCUT2D eigenvalue weighted by Gasteiger charge is 1.99. The average Bonchev–Trinajstić information content (AvgIpc) is 2.32. The second kappa shape index (κ2) is 13.7. The Labute approximate surface area is 107 Å². The fourth-order valence-corrected chi connectivity index (χ4v) is 2.10. The molecule has 0 heterocycles. The second-order valence-electron chi connectivity index (χ2n) is 5.01. The van der Waals surface area contributed by atoms with Crippen LogP contribution < -0.4 is 5.73 Å². The van der Waals surface area contributed by atoms with Crippen molar-refractivity contribution in [1.82, 2.24) is 0 Å². The van der Waals surface area contributed by atoms with Crippen LogP contribution in [0, 0.1) is 0 Å². The Balaban J connectivity index is 3.01. The summed E-state index contributed by atoms with van der Waals surface area (Å²) in [7, 11) is 0. The van der Waals surface area contributed by atoms with Gasteiger partial charge in [-0.2, -0.15) is 0 Å². The average molecular weight is 241 g/mol. The van der Waals surface area contributed by atoms with Crippen molar-refractivity contribution in [3.63, 3.8) is 0 Å². The number of rotatable bonds is 13. The van der Waals surface area contributed by atoms with Crippen LogP contribution in [0.15, 0.2) is 0 Å². The van der Waals surface area contributed by atoms with Gasteiger partial charge < -0.3 is 5.73 Å². The highest BCUT2D eigenvalue weighted by molar-refractivity contribution is 5.78. The predicted octanol–water partition coefficient (Wildman–Crippen LogP) is 4.22. The third-order valence-electron chi connectivity index (χ3n) is 3.23. The zero-order chi connectivity index (χ0) is 12.8. The van der Waals surface area contributed by atoms with Crippen LogP contribution in [0.4, 0.5) is 0 Å². The van der Waals surface area contributed by atoms with E-state index >= 15 is 0 Å². The molecule has 0 bridgehead atoms. The smallest absolute Gasteiger partial charge is 0.134 e. The SMILES string of the molecule is CCCCCCCCCCCCC(=O)CCN. The van der Waals surface area contributed by atoms with Gasteiger partial charge in [-0.3, -0.25) is 4.79 Å². The summed E-state index contributed by atoms with van der Waals surface area (Å²) in [6, 6.07) is 0. The van der Waals surface area contributed by atoms with Crippen molar-refractivity contribution in [2.45, 2.75) is 84.0 Å². The van der Waals surface area contributed by atoms with E-state index in [4.69, 9.17) is 5.73 Å². The van der Waals surface area contributed by atoms with Crippen molar-refractivity contribution in [3.8, 4) is 0 Å². The van der Waals surface area contributed by atoms with Gasteiger partial charge in [-0.1, -0.05) is 64.7 Å². The summed E-state index contributed by atoms with van der Waals surface area (Å²) in [5, 5.41) is 0. The van der Waals surface area contributed by atoms with Gasteiger partial charge >= 0.3 is 0 Å². The minimum Gasteiger partial charge on any atom is -0.330 e. The first-order valence-corrected chi connectivity index (χ1v) is 7.53. The molecule has 0 saturated heterocycles. The van der Waals surface area contributed by atoms with Gasteiger partial charge in [-0.05, 0) is 13.0 Å². The van der Waals surface area contributed by atoms with Gasteiger partial charge in [-0.25, -0.2) is 0 Å². The molecule has 0 atom stereocenters. The number of nitrogens with two attached hydrogens (primary N) is 1. The molecule has 17 heavy (non-hydrogen) atoms. The van der Waals surface area contributed by atoms with Crippen molar-refractivity contribution in [3.05, 3.63) is 0 Å². The molecular formula is C15H31NO. The number of unbranched alkanes of at least 4 members (excludes halogenated alkanes) is 9. The lowest BCUT2D eigenvalue weighted by atomic mass is 10.0. The molecule has 0 aromatic carbocycles. The summed E-state index contributed by atoms with van der Waals surface area (Å²) >= 11 is 0. The molecule has 0 aliphatic rings. The van der Waals surface area contributed by atoms with Crippen molar-refractivity contribution in [2.75, 3.05) is 6.54 Å². The number of carbonyl (C=O) groups excluding carboxylic acids is 1. The standard InChI is InChI=1S/C15H31NO/c1-2-3-4-5-6-7-8-9-10-11-12-15(17)13-14-16/h2-14,16H2,1H3. The first-order chi connectivity index (χ1) is 8.31. The first-order valence-electron chi connectivity index (χ1n) is 7.53. The molecule has 0 unspecified atom stereocenters. The Bertz CT molecular complexity index is 168. The Morgan fingerprint density at radius 2 is 1.24 bits per heavy atom. The van der Waals surface area contributed by atoms with E-state index in [0.29, 0.717) is 18.7 Å². The highest BCUT2D eigenvalue weighted by atomic mass is 16.1. The van der Waals surface area contributed by atoms with E-state index in [1.54, 1.807) is 0 Å². The van der Waals surface area contributed by atoms with E-state index in [1.165, 1.54) is 57.8 Å². The summed E-state index contributed by atoms with van der Waals surface area (Å²) < 4.78 is 0. The first kappa shape index (κ1) is 16.6. The fourth-order valence-electron chi connectivity index (χ4n) is 2.10. The molecular weight excluding hydrogens is 210 g/mol. The molecule has 0 aliphatic carbocycles. The van der Waals surface area contributed by atoms with E-state index in [2.05, 4.69) is 6.92 Å². The van der Waals surface area contributed by atoms with Crippen LogP contribution >= 0.6 is 0 Å². The quantitative estimate of drug-likeness (QED) is 0.491. The van der Waals surface area contributed by atoms with Crippen LogP contribution in [0.25, 0.3) is 0 Å². The van der Waals surface area contributed by atoms with Crippen LogP contribution in [-0.2, 0) is 4.79 Å². The molecule has 0 spiro atoms. The van der Waals surface area contributed by atoms with Crippen LogP contribution in [0.3, 0.4) is 0 Å². The lowest BCUT2D eigenvalue weighted by Crippen LogP contribution is -2.07. The molecule has 102 valence electrons. The summed E-state index contributed by atoms with van der Waals surface area (Å²) in [5.74, 6) is 0.340. The monoisotopic (exact) mass is 241 g/mol. The minimum atomic E-state index is 0.340. The number of carbonyl (C=O) groups is 1. The van der Waals surface area contributed by atoms with Crippen molar-refractivity contribution >= 4 is 5.78 Å². The summed E-state index contributed by atoms with van der Waals surface area (Å²) in [6.07, 6.45) is 14.5. The Morgan fingerprint density at radius 1 is 0.765 bits per heavy atom. The predicted molar refractivity (Wildman–Crippen MR) is 75.1 cm³/mol. The largest absolute Gasteiger partial charge is 0.330 e. The van der Waals surface area contributed by atoms with E-state index < -0.39 is 0 Å². The normalized spacial score (nSPS) is 10.7. The van der Waals surface area contributed by atoms with Gasteiger partial charge in [-0.15, -0.1) is 0 Å². The van der Waals surface area contributed by atoms with Gasteiger partial charge in [0.05, 0.1) is 0 Å². The molecule has 0 aromatic heterocycles. The molecule has 2 heteroatoms. The van der Waals surface area contributed by atoms with E-state index in [-0.39, 0.29) is 0 Å². The minimum absolute atomic E-state index is 0.340. The van der Waals surface area contributed by atoms with Gasteiger partial charge in [0.25, 0.3) is 0 Å². The van der Waals surface area contributed by atoms with Crippen molar-refractivity contribution in [2.24, 2.45) is 5.73 Å². The molecule has 2 N–H and O–H groups in total. The van der Waals surface area contributed by atoms with E-state index in [1.807, 2.05) is 0 Å². The number of ketones is 1. The van der Waals surface area contributed by atoms with E-state index in [0.717, 1.165) is 12.8 Å². The molecule has 0 rings (SSSR count). The maximum absolute atomic E-state index is 11.2. The zero-order valence-corrected chi connectivity index (χ0v) is 11.7. The molecule has 2 nitrogen and oxygen atoms in total. The maximum atomic E-state index is 11.2. The van der Waals surface area contributed by atoms with Gasteiger partial charge in [0.2, 0.25) is 0 Å². The van der Waals surface area contributed by atoms with Crippen molar-refractivity contribution in [1.29, 1.82) is 0 Å². The Kier molecular flexibility index (Phi) is 13.4. The lowest BCUT2D eigenvalue weighted by Gasteiger charge is -2.02. The molecule has 0 aliphatic heterocycles. The van der Waals surface area contributed by atoms with Crippen molar-refractivity contribution < 1.29 is 4.79 Å². The number of Topliss-reactive ketones (excluding diaryl/α,β-unsaturated/α-hetero) is 1. The van der Waals surface area contributed by atoms with Gasteiger partial charge in [0.15, 0.2) is 0 Å². The summed E-state index contributed by atoms with van der Waals surface area (Å²) in [6.45, 7) is 2.77. The highest BCUT2D eigenvalue weighted by Crippen LogP contribution is 2.11. The third kappa shape index (κ3) is 13.6. The molecule has 0 saturated carbocycles.